The number of anilines is 2. The van der Waals surface area contributed by atoms with Gasteiger partial charge >= 0.3 is 0 Å². The Morgan fingerprint density at radius 2 is 1.83 bits per heavy atom. The van der Waals surface area contributed by atoms with E-state index < -0.39 is 0 Å². The van der Waals surface area contributed by atoms with Crippen LogP contribution in [0.25, 0.3) is 0 Å². The molecule has 0 aromatic carbocycles. The highest BCUT2D eigenvalue weighted by Crippen LogP contribution is 2.24. The molecule has 0 unspecified atom stereocenters. The van der Waals surface area contributed by atoms with E-state index in [1.54, 1.807) is 18.3 Å². The zero-order chi connectivity index (χ0) is 20.2. The summed E-state index contributed by atoms with van der Waals surface area (Å²) in [5.74, 6) is 1.01. The summed E-state index contributed by atoms with van der Waals surface area (Å²) in [6, 6.07) is 3.49. The molecular weight excluding hydrogens is 370 g/mol. The Morgan fingerprint density at radius 1 is 1.14 bits per heavy atom. The van der Waals surface area contributed by atoms with Crippen LogP contribution in [0.3, 0.4) is 0 Å². The Labute approximate surface area is 170 Å². The van der Waals surface area contributed by atoms with Crippen LogP contribution in [0.5, 0.6) is 5.88 Å². The van der Waals surface area contributed by atoms with Gasteiger partial charge in [0.25, 0.3) is 5.91 Å². The quantitative estimate of drug-likeness (QED) is 0.830. The third kappa shape index (κ3) is 4.64. The van der Waals surface area contributed by atoms with Crippen molar-refractivity contribution in [3.8, 4) is 5.88 Å². The molecule has 1 N–H and O–H groups in total. The average molecular weight is 397 g/mol. The predicted octanol–water partition coefficient (Wildman–Crippen LogP) is 2.90. The van der Waals surface area contributed by atoms with E-state index in [4.69, 9.17) is 9.47 Å². The zero-order valence-electron chi connectivity index (χ0n) is 17.0. The molecule has 1 aliphatic heterocycles. The van der Waals surface area contributed by atoms with Gasteiger partial charge in [-0.05, 0) is 45.6 Å². The predicted molar refractivity (Wildman–Crippen MR) is 110 cm³/mol. The summed E-state index contributed by atoms with van der Waals surface area (Å²) in [4.78, 5) is 28.2. The van der Waals surface area contributed by atoms with E-state index in [0.29, 0.717) is 36.3 Å². The molecule has 0 radical (unpaired) electrons. The number of hydrogen-bond acceptors (Lipinski definition) is 7. The molecule has 8 nitrogen and oxygen atoms in total. The lowest BCUT2D eigenvalue weighted by Gasteiger charge is -2.27. The fourth-order valence-electron chi connectivity index (χ4n) is 3.73. The number of rotatable bonds is 5. The molecule has 8 heteroatoms. The summed E-state index contributed by atoms with van der Waals surface area (Å²) in [5, 5.41) is 2.93. The van der Waals surface area contributed by atoms with E-state index >= 15 is 0 Å². The Balaban J connectivity index is 1.43. The van der Waals surface area contributed by atoms with E-state index in [1.165, 1.54) is 12.8 Å². The van der Waals surface area contributed by atoms with Crippen LogP contribution in [0, 0.1) is 13.8 Å². The van der Waals surface area contributed by atoms with Gasteiger partial charge in [0.05, 0.1) is 35.9 Å². The third-order valence-electron chi connectivity index (χ3n) is 5.38. The van der Waals surface area contributed by atoms with Crippen LogP contribution in [0.15, 0.2) is 18.3 Å². The maximum atomic E-state index is 12.7. The highest BCUT2D eigenvalue weighted by molar-refractivity contribution is 6.04. The number of amides is 1. The summed E-state index contributed by atoms with van der Waals surface area (Å²) >= 11 is 0. The molecule has 0 atom stereocenters. The molecule has 1 aliphatic carbocycles. The van der Waals surface area contributed by atoms with Crippen LogP contribution < -0.4 is 15.0 Å². The topological polar surface area (TPSA) is 89.5 Å². The number of aromatic nitrogens is 3. The summed E-state index contributed by atoms with van der Waals surface area (Å²) in [6.07, 6.45) is 6.35. The largest absolute Gasteiger partial charge is 0.474 e. The van der Waals surface area contributed by atoms with Crippen LogP contribution >= 0.6 is 0 Å². The van der Waals surface area contributed by atoms with E-state index in [-0.39, 0.29) is 12.0 Å². The lowest BCUT2D eigenvalue weighted by Crippen LogP contribution is -2.37. The number of aryl methyl sites for hydroxylation is 2. The molecule has 29 heavy (non-hydrogen) atoms. The second kappa shape index (κ2) is 8.73. The smallest absolute Gasteiger partial charge is 0.257 e. The van der Waals surface area contributed by atoms with Gasteiger partial charge in [0, 0.05) is 25.4 Å². The third-order valence-corrected chi connectivity index (χ3v) is 5.38. The number of nitrogens with zero attached hydrogens (tertiary/aromatic N) is 4. The van der Waals surface area contributed by atoms with Gasteiger partial charge in [-0.2, -0.15) is 0 Å². The number of nitrogens with one attached hydrogen (secondary N) is 1. The first-order valence-electron chi connectivity index (χ1n) is 10.2. The fourth-order valence-corrected chi connectivity index (χ4v) is 3.73. The minimum Gasteiger partial charge on any atom is -0.474 e. The van der Waals surface area contributed by atoms with Crippen LogP contribution in [-0.2, 0) is 4.74 Å². The maximum absolute atomic E-state index is 12.7. The Hall–Kier alpha value is -2.74. The number of ether oxygens (including phenoxy) is 2. The molecule has 3 heterocycles. The van der Waals surface area contributed by atoms with Crippen molar-refractivity contribution in [1.82, 2.24) is 15.0 Å². The van der Waals surface area contributed by atoms with Gasteiger partial charge in [0.1, 0.15) is 6.10 Å². The van der Waals surface area contributed by atoms with Gasteiger partial charge in [-0.3, -0.25) is 4.79 Å². The minimum atomic E-state index is -0.237. The molecule has 1 amide bonds. The van der Waals surface area contributed by atoms with E-state index in [0.717, 1.165) is 37.3 Å². The number of hydrogen-bond donors (Lipinski definition) is 1. The first-order valence-corrected chi connectivity index (χ1v) is 10.2. The highest BCUT2D eigenvalue weighted by Gasteiger charge is 2.19. The Kier molecular flexibility index (Phi) is 5.89. The zero-order valence-corrected chi connectivity index (χ0v) is 17.0. The molecule has 2 aromatic heterocycles. The summed E-state index contributed by atoms with van der Waals surface area (Å²) in [6.45, 7) is 6.65. The number of pyridine rings is 1. The molecule has 2 aliphatic rings. The molecule has 0 bridgehead atoms. The summed E-state index contributed by atoms with van der Waals surface area (Å²) in [7, 11) is 0. The van der Waals surface area contributed by atoms with Gasteiger partial charge in [0.15, 0.2) is 0 Å². The monoisotopic (exact) mass is 397 g/mol. The molecule has 1 saturated carbocycles. The highest BCUT2D eigenvalue weighted by atomic mass is 16.5. The molecule has 0 spiro atoms. The van der Waals surface area contributed by atoms with Crippen molar-refractivity contribution in [3.05, 3.63) is 35.3 Å². The second-order valence-electron chi connectivity index (χ2n) is 7.53. The summed E-state index contributed by atoms with van der Waals surface area (Å²) in [5.41, 5.74) is 2.58. The maximum Gasteiger partial charge on any atom is 0.257 e. The average Bonchev–Trinajstić information content (AvgIpc) is 3.24. The van der Waals surface area contributed by atoms with Gasteiger partial charge in [-0.1, -0.05) is 0 Å². The second-order valence-corrected chi connectivity index (χ2v) is 7.53. The van der Waals surface area contributed by atoms with Gasteiger partial charge in [0.2, 0.25) is 11.8 Å². The number of carbonyl (C=O) groups is 1. The molecule has 1 saturated heterocycles. The van der Waals surface area contributed by atoms with Crippen molar-refractivity contribution in [2.45, 2.75) is 45.6 Å². The van der Waals surface area contributed by atoms with Crippen molar-refractivity contribution < 1.29 is 14.3 Å². The van der Waals surface area contributed by atoms with Crippen molar-refractivity contribution >= 4 is 17.5 Å². The lowest BCUT2D eigenvalue weighted by atomic mass is 10.2. The van der Waals surface area contributed by atoms with Crippen LogP contribution in [0.2, 0.25) is 0 Å². The SMILES string of the molecule is Cc1nc(N2CCOCC2)nc(C)c1NC(=O)c1ccc(OC2CCCC2)nc1. The van der Waals surface area contributed by atoms with E-state index in [2.05, 4.69) is 25.2 Å². The Bertz CT molecular complexity index is 836. The number of carbonyl (C=O) groups excluding carboxylic acids is 1. The van der Waals surface area contributed by atoms with Crippen LogP contribution in [0.1, 0.15) is 47.4 Å². The molecule has 4 rings (SSSR count). The minimum absolute atomic E-state index is 0.237. The Morgan fingerprint density at radius 3 is 2.45 bits per heavy atom. The van der Waals surface area contributed by atoms with Gasteiger partial charge in [-0.15, -0.1) is 0 Å². The van der Waals surface area contributed by atoms with Crippen molar-refractivity contribution in [2.24, 2.45) is 0 Å². The van der Waals surface area contributed by atoms with Crippen molar-refractivity contribution in [3.63, 3.8) is 0 Å². The fraction of sp³-hybridized carbons (Fsp3) is 0.524. The lowest BCUT2D eigenvalue weighted by molar-refractivity contribution is 0.102. The van der Waals surface area contributed by atoms with Crippen LogP contribution in [0.4, 0.5) is 11.6 Å². The molecule has 154 valence electrons. The first-order chi connectivity index (χ1) is 14.1. The van der Waals surface area contributed by atoms with Gasteiger partial charge < -0.3 is 19.7 Å². The van der Waals surface area contributed by atoms with E-state index in [9.17, 15) is 4.79 Å². The van der Waals surface area contributed by atoms with Crippen molar-refractivity contribution in [1.29, 1.82) is 0 Å². The normalized spacial score (nSPS) is 17.4. The van der Waals surface area contributed by atoms with Crippen LogP contribution in [-0.4, -0.2) is 53.3 Å². The first kappa shape index (κ1) is 19.6. The molecule has 2 aromatic rings. The van der Waals surface area contributed by atoms with Crippen molar-refractivity contribution in [2.75, 3.05) is 36.5 Å². The number of morpholine rings is 1. The molecular formula is C21H27N5O3. The summed E-state index contributed by atoms with van der Waals surface area (Å²) < 4.78 is 11.2. The molecule has 2 fully saturated rings. The van der Waals surface area contributed by atoms with Gasteiger partial charge in [-0.25, -0.2) is 15.0 Å². The van der Waals surface area contributed by atoms with E-state index in [1.807, 2.05) is 13.8 Å². The standard InChI is InChI=1S/C21H27N5O3/c1-14-19(15(2)24-21(23-14)26-9-11-28-12-10-26)25-20(27)16-7-8-18(22-13-16)29-17-5-3-4-6-17/h7-8,13,17H,3-6,9-12H2,1-2H3,(H,25,27).